The van der Waals surface area contributed by atoms with Gasteiger partial charge in [-0.15, -0.1) is 0 Å². The van der Waals surface area contributed by atoms with E-state index in [9.17, 15) is 14.3 Å². The summed E-state index contributed by atoms with van der Waals surface area (Å²) >= 11 is 1.22. The molecule has 0 saturated heterocycles. The van der Waals surface area contributed by atoms with Gasteiger partial charge in [-0.3, -0.25) is 9.63 Å². The van der Waals surface area contributed by atoms with Gasteiger partial charge in [-0.25, -0.2) is 14.9 Å². The third-order valence-corrected chi connectivity index (χ3v) is 4.96. The number of anilines is 2. The number of amides is 1. The number of nitrogens with one attached hydrogen (secondary N) is 2. The van der Waals surface area contributed by atoms with Crippen molar-refractivity contribution in [1.29, 1.82) is 0 Å². The molecule has 0 unspecified atom stereocenters. The van der Waals surface area contributed by atoms with Crippen LogP contribution in [0.2, 0.25) is 0 Å². The molecule has 1 amide bonds. The van der Waals surface area contributed by atoms with Gasteiger partial charge >= 0.3 is 0 Å². The fraction of sp³-hybridized carbons (Fsp3) is 0.263. The first-order valence-corrected chi connectivity index (χ1v) is 9.35. The maximum Gasteiger partial charge on any atom is 0.278 e. The zero-order chi connectivity index (χ0) is 20.3. The molecule has 1 aromatic carbocycles. The van der Waals surface area contributed by atoms with E-state index in [2.05, 4.69) is 15.8 Å². The predicted molar refractivity (Wildman–Crippen MR) is 105 cm³/mol. The van der Waals surface area contributed by atoms with Gasteiger partial charge in [0.25, 0.3) is 5.91 Å². The summed E-state index contributed by atoms with van der Waals surface area (Å²) in [6.45, 7) is 2.87. The zero-order valence-corrected chi connectivity index (χ0v) is 16.1. The molecular formula is C19H20FN3O4S. The normalized spacial score (nSPS) is 12.2. The first-order valence-electron chi connectivity index (χ1n) is 8.53. The minimum absolute atomic E-state index is 0.236. The fourth-order valence-electron chi connectivity index (χ4n) is 2.54. The molecule has 1 atom stereocenters. The molecular weight excluding hydrogens is 385 g/mol. The van der Waals surface area contributed by atoms with E-state index < -0.39 is 24.4 Å². The summed E-state index contributed by atoms with van der Waals surface area (Å²) in [5.41, 5.74) is 4.30. The molecule has 3 rings (SSSR count). The second kappa shape index (κ2) is 8.61. The molecule has 0 fully saturated rings. The highest BCUT2D eigenvalue weighted by Crippen LogP contribution is 2.37. The number of rotatable bonds is 7. The summed E-state index contributed by atoms with van der Waals surface area (Å²) < 4.78 is 14.3. The number of aromatic nitrogens is 1. The lowest BCUT2D eigenvalue weighted by atomic mass is 10.1. The van der Waals surface area contributed by atoms with Crippen molar-refractivity contribution < 1.29 is 24.2 Å². The average molecular weight is 405 g/mol. The topological polar surface area (TPSA) is 104 Å². The van der Waals surface area contributed by atoms with Crippen molar-refractivity contribution >= 4 is 38.1 Å². The molecule has 0 aliphatic carbocycles. The average Bonchev–Trinajstić information content (AvgIpc) is 3.00. The number of nitrogens with zero attached hydrogens (tertiary/aromatic N) is 1. The van der Waals surface area contributed by atoms with Crippen LogP contribution in [0.4, 0.5) is 15.1 Å². The molecule has 0 aliphatic heterocycles. The minimum atomic E-state index is -1.11. The van der Waals surface area contributed by atoms with Gasteiger partial charge in [0, 0.05) is 11.1 Å². The van der Waals surface area contributed by atoms with E-state index >= 15 is 0 Å². The molecule has 0 radical (unpaired) electrons. The Kier molecular flexibility index (Phi) is 6.20. The maximum absolute atomic E-state index is 14.3. The highest BCUT2D eigenvalue weighted by molar-refractivity contribution is 7.23. The number of aliphatic hydroxyl groups is 2. The largest absolute Gasteiger partial charge is 0.394 e. The number of benzene rings is 1. The molecule has 148 valence electrons. The van der Waals surface area contributed by atoms with Gasteiger partial charge in [-0.05, 0) is 43.7 Å². The van der Waals surface area contributed by atoms with Crippen LogP contribution in [0.15, 0.2) is 30.3 Å². The van der Waals surface area contributed by atoms with Crippen LogP contribution in [-0.4, -0.2) is 40.4 Å². The lowest BCUT2D eigenvalue weighted by Crippen LogP contribution is -2.30. The van der Waals surface area contributed by atoms with E-state index in [1.165, 1.54) is 17.4 Å². The summed E-state index contributed by atoms with van der Waals surface area (Å²) in [5.74, 6) is -1.01. The Morgan fingerprint density at radius 2 is 2.11 bits per heavy atom. The van der Waals surface area contributed by atoms with Crippen molar-refractivity contribution in [2.24, 2.45) is 0 Å². The first kappa shape index (κ1) is 20.2. The monoisotopic (exact) mass is 405 g/mol. The molecule has 3 aromatic rings. The second-order valence-electron chi connectivity index (χ2n) is 6.30. The third kappa shape index (κ3) is 4.45. The number of thiophene rings is 1. The molecule has 2 aromatic heterocycles. The number of carbonyl (C=O) groups is 1. The van der Waals surface area contributed by atoms with Crippen molar-refractivity contribution in [2.45, 2.75) is 20.0 Å². The van der Waals surface area contributed by atoms with Crippen LogP contribution in [0, 0.1) is 19.7 Å². The van der Waals surface area contributed by atoms with Gasteiger partial charge in [-0.2, -0.15) is 0 Å². The molecule has 0 aliphatic rings. The molecule has 2 heterocycles. The Bertz CT molecular complexity index is 1010. The summed E-state index contributed by atoms with van der Waals surface area (Å²) in [5, 5.41) is 22.1. The third-order valence-electron chi connectivity index (χ3n) is 3.95. The Hall–Kier alpha value is -2.59. The van der Waals surface area contributed by atoms with E-state index in [-0.39, 0.29) is 17.9 Å². The number of halogens is 1. The molecule has 7 nitrogen and oxygen atoms in total. The number of hydrogen-bond acceptors (Lipinski definition) is 7. The highest BCUT2D eigenvalue weighted by Gasteiger charge is 2.21. The fourth-order valence-corrected chi connectivity index (χ4v) is 3.66. The number of hydrogen-bond donors (Lipinski definition) is 4. The lowest BCUT2D eigenvalue weighted by molar-refractivity contribution is -0.0294. The van der Waals surface area contributed by atoms with Crippen molar-refractivity contribution in [2.75, 3.05) is 18.5 Å². The molecule has 4 N–H and O–H groups in total. The van der Waals surface area contributed by atoms with E-state index in [1.807, 2.05) is 6.92 Å². The zero-order valence-electron chi connectivity index (χ0n) is 15.3. The van der Waals surface area contributed by atoms with Crippen molar-refractivity contribution in [3.63, 3.8) is 0 Å². The predicted octanol–water partition coefficient (Wildman–Crippen LogP) is 2.81. The Morgan fingerprint density at radius 3 is 2.82 bits per heavy atom. The number of pyridine rings is 1. The Morgan fingerprint density at radius 1 is 1.32 bits per heavy atom. The first-order chi connectivity index (χ1) is 13.4. The van der Waals surface area contributed by atoms with Gasteiger partial charge in [-0.1, -0.05) is 17.4 Å². The van der Waals surface area contributed by atoms with Gasteiger partial charge in [0.1, 0.15) is 28.4 Å². The van der Waals surface area contributed by atoms with Crippen LogP contribution in [0.25, 0.3) is 10.2 Å². The van der Waals surface area contributed by atoms with Crippen molar-refractivity contribution in [3.8, 4) is 0 Å². The molecule has 28 heavy (non-hydrogen) atoms. The van der Waals surface area contributed by atoms with Gasteiger partial charge < -0.3 is 15.5 Å². The van der Waals surface area contributed by atoms with E-state index in [1.54, 1.807) is 31.2 Å². The van der Waals surface area contributed by atoms with Crippen molar-refractivity contribution in [1.82, 2.24) is 10.5 Å². The molecule has 0 saturated carbocycles. The number of aryl methyl sites for hydroxylation is 2. The van der Waals surface area contributed by atoms with Crippen LogP contribution in [0.1, 0.15) is 21.6 Å². The van der Waals surface area contributed by atoms with Crippen LogP contribution in [0.3, 0.4) is 0 Å². The van der Waals surface area contributed by atoms with Crippen LogP contribution >= 0.6 is 11.3 Å². The molecule has 9 heteroatoms. The Balaban J connectivity index is 1.94. The standard InChI is InChI=1S/C19H20FN3O4S/c1-10-3-6-15(14(20)7-10)22-19-16(17(26)23-27-9-12(25)8-24)13-5-4-11(2)21-18(13)28-19/h3-7,12,22,24-25H,8-9H2,1-2H3,(H,23,26)/t12-/m1/s1. The molecule has 0 spiro atoms. The van der Waals surface area contributed by atoms with Gasteiger partial charge in [0.2, 0.25) is 0 Å². The van der Waals surface area contributed by atoms with Crippen molar-refractivity contribution in [3.05, 3.63) is 53.0 Å². The minimum Gasteiger partial charge on any atom is -0.394 e. The summed E-state index contributed by atoms with van der Waals surface area (Å²) in [7, 11) is 0. The van der Waals surface area contributed by atoms with Crippen LogP contribution in [-0.2, 0) is 4.84 Å². The molecule has 0 bridgehead atoms. The summed E-state index contributed by atoms with van der Waals surface area (Å²) in [6.07, 6.45) is -1.11. The lowest BCUT2D eigenvalue weighted by Gasteiger charge is -2.11. The SMILES string of the molecule is Cc1ccc(Nc2sc3nc(C)ccc3c2C(=O)NOC[C@H](O)CO)c(F)c1. The van der Waals surface area contributed by atoms with E-state index in [0.29, 0.717) is 15.2 Å². The Labute approximate surface area is 164 Å². The highest BCUT2D eigenvalue weighted by atomic mass is 32.1. The number of carbonyl (C=O) groups excluding carboxylic acids is 1. The number of aliphatic hydroxyl groups excluding tert-OH is 2. The van der Waals surface area contributed by atoms with Gasteiger partial charge in [0.15, 0.2) is 0 Å². The van der Waals surface area contributed by atoms with Gasteiger partial charge in [0.05, 0.1) is 17.9 Å². The quantitative estimate of drug-likeness (QED) is 0.451. The van der Waals surface area contributed by atoms with Crippen LogP contribution < -0.4 is 10.8 Å². The maximum atomic E-state index is 14.3. The summed E-state index contributed by atoms with van der Waals surface area (Å²) in [4.78, 5) is 22.7. The number of hydroxylamine groups is 1. The van der Waals surface area contributed by atoms with E-state index in [4.69, 9.17) is 9.94 Å². The number of fused-ring (bicyclic) bond motifs is 1. The van der Waals surface area contributed by atoms with Crippen LogP contribution in [0.5, 0.6) is 0 Å². The van der Waals surface area contributed by atoms with E-state index in [0.717, 1.165) is 11.3 Å². The second-order valence-corrected chi connectivity index (χ2v) is 7.30. The summed E-state index contributed by atoms with van der Waals surface area (Å²) in [6, 6.07) is 8.31. The smallest absolute Gasteiger partial charge is 0.278 e.